The topological polar surface area (TPSA) is 50.5 Å². The Balaban J connectivity index is 2.49. The van der Waals surface area contributed by atoms with Crippen LogP contribution in [0.2, 0.25) is 0 Å². The van der Waals surface area contributed by atoms with E-state index in [1.807, 2.05) is 0 Å². The van der Waals surface area contributed by atoms with Crippen LogP contribution in [0.25, 0.3) is 4.85 Å². The fourth-order valence-electron chi connectivity index (χ4n) is 1.36. The highest BCUT2D eigenvalue weighted by Gasteiger charge is 2.22. The van der Waals surface area contributed by atoms with Crippen LogP contribution < -0.4 is 5.32 Å². The molecule has 1 aromatic carbocycles. The lowest BCUT2D eigenvalue weighted by Gasteiger charge is -2.15. The van der Waals surface area contributed by atoms with E-state index >= 15 is 0 Å². The van der Waals surface area contributed by atoms with Crippen LogP contribution in [0.5, 0.6) is 0 Å². The molecule has 0 fully saturated rings. The summed E-state index contributed by atoms with van der Waals surface area (Å²) in [4.78, 5) is 25.3. The normalized spacial score (nSPS) is 14.2. The van der Waals surface area contributed by atoms with Crippen molar-refractivity contribution in [1.82, 2.24) is 0 Å². The maximum absolute atomic E-state index is 11.1. The van der Waals surface area contributed by atoms with Crippen LogP contribution in [-0.2, 0) is 16.0 Å². The van der Waals surface area contributed by atoms with Crippen molar-refractivity contribution in [2.75, 3.05) is 5.32 Å². The number of anilines is 1. The third-order valence-corrected chi connectivity index (χ3v) is 2.07. The molecule has 0 bridgehead atoms. The average Bonchev–Trinajstić information content (AvgIpc) is 2.19. The Morgan fingerprint density at radius 3 is 2.86 bits per heavy atom. The average molecular weight is 186 g/mol. The molecule has 0 saturated carbocycles. The molecule has 0 saturated heterocycles. The van der Waals surface area contributed by atoms with Crippen LogP contribution in [0.3, 0.4) is 0 Å². The van der Waals surface area contributed by atoms with Crippen LogP contribution in [0.15, 0.2) is 18.2 Å². The number of amides is 1. The van der Waals surface area contributed by atoms with Gasteiger partial charge in [-0.15, -0.1) is 0 Å². The predicted octanol–water partition coefficient (Wildman–Crippen LogP) is 1.30. The standard InChI is InChI=1S/C10H6N2O2/c1-11-7-2-3-8-6(4-7)5-9(13)10(14)12-8/h2-4H,5H2,(H,12,14). The Morgan fingerprint density at radius 2 is 2.14 bits per heavy atom. The van der Waals surface area contributed by atoms with Crippen molar-refractivity contribution in [3.8, 4) is 0 Å². The van der Waals surface area contributed by atoms with Crippen LogP contribution >= 0.6 is 0 Å². The molecule has 4 nitrogen and oxygen atoms in total. The van der Waals surface area contributed by atoms with E-state index in [0.29, 0.717) is 16.9 Å². The lowest BCUT2D eigenvalue weighted by Crippen LogP contribution is -2.29. The smallest absolute Gasteiger partial charge is 0.292 e. The van der Waals surface area contributed by atoms with Crippen LogP contribution in [0, 0.1) is 6.57 Å². The molecule has 14 heavy (non-hydrogen) atoms. The van der Waals surface area contributed by atoms with Gasteiger partial charge in [-0.1, -0.05) is 12.1 Å². The Labute approximate surface area is 80.4 Å². The second-order valence-electron chi connectivity index (χ2n) is 3.01. The fraction of sp³-hybridized carbons (Fsp3) is 0.100. The Hall–Kier alpha value is -2.15. The second-order valence-corrected chi connectivity index (χ2v) is 3.01. The first-order chi connectivity index (χ1) is 6.70. The van der Waals surface area contributed by atoms with Crippen molar-refractivity contribution in [3.63, 3.8) is 0 Å². The molecule has 0 radical (unpaired) electrons. The van der Waals surface area contributed by atoms with E-state index in [0.717, 1.165) is 0 Å². The molecule has 0 atom stereocenters. The number of hydrogen-bond acceptors (Lipinski definition) is 2. The quantitative estimate of drug-likeness (QED) is 0.490. The number of hydrogen-bond donors (Lipinski definition) is 1. The molecule has 1 N–H and O–H groups in total. The zero-order chi connectivity index (χ0) is 10.1. The van der Waals surface area contributed by atoms with Crippen molar-refractivity contribution in [2.45, 2.75) is 6.42 Å². The van der Waals surface area contributed by atoms with Gasteiger partial charge in [0.1, 0.15) is 0 Å². The van der Waals surface area contributed by atoms with Gasteiger partial charge in [0.25, 0.3) is 5.91 Å². The molecule has 4 heteroatoms. The van der Waals surface area contributed by atoms with Gasteiger partial charge in [-0.05, 0) is 11.6 Å². The molecular formula is C10H6N2O2. The van der Waals surface area contributed by atoms with E-state index in [1.165, 1.54) is 0 Å². The van der Waals surface area contributed by atoms with Crippen LogP contribution in [0.4, 0.5) is 11.4 Å². The van der Waals surface area contributed by atoms with Crippen molar-refractivity contribution < 1.29 is 9.59 Å². The highest BCUT2D eigenvalue weighted by Crippen LogP contribution is 2.25. The maximum Gasteiger partial charge on any atom is 0.292 e. The molecule has 0 spiro atoms. The van der Waals surface area contributed by atoms with E-state index in [9.17, 15) is 9.59 Å². The maximum atomic E-state index is 11.1. The summed E-state index contributed by atoms with van der Waals surface area (Å²) >= 11 is 0. The van der Waals surface area contributed by atoms with Gasteiger partial charge in [-0.25, -0.2) is 4.85 Å². The Bertz CT molecular complexity index is 472. The van der Waals surface area contributed by atoms with Gasteiger partial charge in [-0.2, -0.15) is 0 Å². The SMILES string of the molecule is [C-]#[N+]c1ccc2c(c1)CC(=O)C(=O)N2. The lowest BCUT2D eigenvalue weighted by molar-refractivity contribution is -0.134. The molecule has 0 aliphatic carbocycles. The molecule has 68 valence electrons. The van der Waals surface area contributed by atoms with Crippen LogP contribution in [-0.4, -0.2) is 11.7 Å². The van der Waals surface area contributed by atoms with Gasteiger partial charge in [0, 0.05) is 12.1 Å². The number of nitrogens with zero attached hydrogens (tertiary/aromatic N) is 1. The summed E-state index contributed by atoms with van der Waals surface area (Å²) in [5.74, 6) is -1.03. The number of rotatable bonds is 0. The molecule has 1 aliphatic heterocycles. The molecule has 1 aliphatic rings. The molecule has 1 amide bonds. The highest BCUT2D eigenvalue weighted by molar-refractivity contribution is 6.42. The first kappa shape index (κ1) is 8.45. The summed E-state index contributed by atoms with van der Waals surface area (Å²) in [6.45, 7) is 6.80. The highest BCUT2D eigenvalue weighted by atomic mass is 16.2. The van der Waals surface area contributed by atoms with Crippen molar-refractivity contribution >= 4 is 23.1 Å². The number of carbonyl (C=O) groups is 2. The van der Waals surface area contributed by atoms with Crippen LogP contribution in [0.1, 0.15) is 5.56 Å². The van der Waals surface area contributed by atoms with Gasteiger partial charge in [0.05, 0.1) is 6.57 Å². The molecule has 1 aromatic rings. The Kier molecular flexibility index (Phi) is 1.79. The van der Waals surface area contributed by atoms with E-state index in [2.05, 4.69) is 10.2 Å². The number of ketones is 1. The largest absolute Gasteiger partial charge is 0.319 e. The molecule has 0 aromatic heterocycles. The van der Waals surface area contributed by atoms with Gasteiger partial charge in [0.15, 0.2) is 5.69 Å². The van der Waals surface area contributed by atoms with E-state index in [-0.39, 0.29) is 6.42 Å². The third-order valence-electron chi connectivity index (χ3n) is 2.07. The van der Waals surface area contributed by atoms with Gasteiger partial charge >= 0.3 is 0 Å². The van der Waals surface area contributed by atoms with E-state index < -0.39 is 11.7 Å². The van der Waals surface area contributed by atoms with Gasteiger partial charge in [-0.3, -0.25) is 9.59 Å². The zero-order valence-electron chi connectivity index (χ0n) is 7.20. The summed E-state index contributed by atoms with van der Waals surface area (Å²) in [7, 11) is 0. The molecule has 0 unspecified atom stereocenters. The number of nitrogens with one attached hydrogen (secondary N) is 1. The minimum atomic E-state index is -0.576. The summed E-state index contributed by atoms with van der Waals surface area (Å²) in [5, 5.41) is 2.47. The predicted molar refractivity (Wildman–Crippen MR) is 50.0 cm³/mol. The van der Waals surface area contributed by atoms with Gasteiger partial charge in [0.2, 0.25) is 5.78 Å². The first-order valence-electron chi connectivity index (χ1n) is 4.05. The van der Waals surface area contributed by atoms with E-state index in [1.54, 1.807) is 18.2 Å². The molecule has 2 rings (SSSR count). The minimum Gasteiger partial charge on any atom is -0.319 e. The summed E-state index contributed by atoms with van der Waals surface area (Å²) in [6, 6.07) is 4.88. The van der Waals surface area contributed by atoms with Crippen molar-refractivity contribution in [3.05, 3.63) is 35.2 Å². The zero-order valence-corrected chi connectivity index (χ0v) is 7.20. The van der Waals surface area contributed by atoms with E-state index in [4.69, 9.17) is 6.57 Å². The summed E-state index contributed by atoms with van der Waals surface area (Å²) in [5.41, 5.74) is 1.82. The number of benzene rings is 1. The summed E-state index contributed by atoms with van der Waals surface area (Å²) in [6.07, 6.45) is 0.0878. The van der Waals surface area contributed by atoms with Crippen molar-refractivity contribution in [2.24, 2.45) is 0 Å². The number of Topliss-reactive ketones (excluding diaryl/α,β-unsaturated/α-hetero) is 1. The number of carbonyl (C=O) groups excluding carboxylic acids is 2. The Morgan fingerprint density at radius 1 is 1.36 bits per heavy atom. The molecular weight excluding hydrogens is 180 g/mol. The summed E-state index contributed by atoms with van der Waals surface area (Å²) < 4.78 is 0. The minimum absolute atomic E-state index is 0.0878. The monoisotopic (exact) mass is 186 g/mol. The first-order valence-corrected chi connectivity index (χ1v) is 4.05. The fourth-order valence-corrected chi connectivity index (χ4v) is 1.36. The molecule has 1 heterocycles. The van der Waals surface area contributed by atoms with Crippen molar-refractivity contribution in [1.29, 1.82) is 0 Å². The van der Waals surface area contributed by atoms with Gasteiger partial charge < -0.3 is 5.32 Å². The third kappa shape index (κ3) is 1.25. The number of fused-ring (bicyclic) bond motifs is 1. The lowest BCUT2D eigenvalue weighted by atomic mass is 10.0. The second kappa shape index (κ2) is 2.96.